The van der Waals surface area contributed by atoms with E-state index in [0.717, 1.165) is 24.2 Å². The second kappa shape index (κ2) is 6.41. The molecule has 0 radical (unpaired) electrons. The van der Waals surface area contributed by atoms with Crippen LogP contribution in [0.2, 0.25) is 0 Å². The van der Waals surface area contributed by atoms with Crippen LogP contribution in [0.25, 0.3) is 0 Å². The summed E-state index contributed by atoms with van der Waals surface area (Å²) in [4.78, 5) is 0. The maximum absolute atomic E-state index is 6.04. The van der Waals surface area contributed by atoms with Crippen LogP contribution in [0.1, 0.15) is 47.0 Å². The molecule has 2 rings (SSSR count). The summed E-state index contributed by atoms with van der Waals surface area (Å²) >= 11 is 0. The molecule has 0 aromatic heterocycles. The lowest BCUT2D eigenvalue weighted by molar-refractivity contribution is -0.111. The molecular weight excluding hydrogens is 236 g/mol. The highest BCUT2D eigenvalue weighted by atomic mass is 16.7. The third-order valence-corrected chi connectivity index (χ3v) is 5.22. The average molecular weight is 266 g/mol. The summed E-state index contributed by atoms with van der Waals surface area (Å²) in [5, 5.41) is 0. The summed E-state index contributed by atoms with van der Waals surface area (Å²) in [5.74, 6) is 3.57. The van der Waals surface area contributed by atoms with Gasteiger partial charge in [0, 0.05) is 13.0 Å². The molecule has 2 aliphatic carbocycles. The predicted octanol–water partition coefficient (Wildman–Crippen LogP) is 4.26. The zero-order valence-electron chi connectivity index (χ0n) is 13.2. The van der Waals surface area contributed by atoms with E-state index in [2.05, 4.69) is 33.8 Å². The molecule has 6 atom stereocenters. The Balaban J connectivity index is 2.25. The summed E-state index contributed by atoms with van der Waals surface area (Å²) in [5.41, 5.74) is 1.67. The highest BCUT2D eigenvalue weighted by Crippen LogP contribution is 2.49. The minimum absolute atomic E-state index is 0.352. The number of allylic oxidation sites excluding steroid dienone is 1. The van der Waals surface area contributed by atoms with Gasteiger partial charge in [-0.15, -0.1) is 0 Å². The molecular formula is C17H30O2. The van der Waals surface area contributed by atoms with E-state index in [-0.39, 0.29) is 0 Å². The molecule has 19 heavy (non-hydrogen) atoms. The first kappa shape index (κ1) is 15.1. The molecule has 2 unspecified atom stereocenters. The summed E-state index contributed by atoms with van der Waals surface area (Å²) in [6, 6.07) is 0. The van der Waals surface area contributed by atoms with Gasteiger partial charge in [-0.3, -0.25) is 0 Å². The van der Waals surface area contributed by atoms with E-state index in [1.807, 2.05) is 0 Å². The summed E-state index contributed by atoms with van der Waals surface area (Å²) < 4.78 is 11.2. The standard InChI is InChI=1S/C17H30O2/c1-6-14-12(3)9-13(4)15-7-11(2)8-16(17(14)15)19-10-18-5/h7,11-14,16-17H,6,8-10H2,1-5H3/t11-,12-,13?,14-,16-,17?/m0/s1. The predicted molar refractivity (Wildman–Crippen MR) is 78.8 cm³/mol. The van der Waals surface area contributed by atoms with Crippen LogP contribution < -0.4 is 0 Å². The molecule has 0 aliphatic heterocycles. The van der Waals surface area contributed by atoms with Gasteiger partial charge in [-0.1, -0.05) is 45.8 Å². The number of methoxy groups -OCH3 is 1. The third-order valence-electron chi connectivity index (χ3n) is 5.22. The van der Waals surface area contributed by atoms with Crippen molar-refractivity contribution in [1.82, 2.24) is 0 Å². The first-order valence-electron chi connectivity index (χ1n) is 7.90. The molecule has 0 aromatic carbocycles. The smallest absolute Gasteiger partial charge is 0.146 e. The topological polar surface area (TPSA) is 18.5 Å². The summed E-state index contributed by atoms with van der Waals surface area (Å²) in [6.45, 7) is 9.90. The van der Waals surface area contributed by atoms with Crippen LogP contribution in [-0.4, -0.2) is 20.0 Å². The zero-order chi connectivity index (χ0) is 14.0. The van der Waals surface area contributed by atoms with Crippen LogP contribution in [-0.2, 0) is 9.47 Å². The average Bonchev–Trinajstić information content (AvgIpc) is 2.37. The Morgan fingerprint density at radius 1 is 1.21 bits per heavy atom. The van der Waals surface area contributed by atoms with Crippen molar-refractivity contribution in [1.29, 1.82) is 0 Å². The minimum atomic E-state index is 0.352. The van der Waals surface area contributed by atoms with Crippen molar-refractivity contribution in [2.24, 2.45) is 29.6 Å². The molecule has 1 fully saturated rings. The van der Waals surface area contributed by atoms with Crippen molar-refractivity contribution in [3.05, 3.63) is 11.6 Å². The van der Waals surface area contributed by atoms with Crippen LogP contribution in [0.15, 0.2) is 11.6 Å². The highest BCUT2D eigenvalue weighted by molar-refractivity contribution is 5.21. The second-order valence-electron chi connectivity index (χ2n) is 6.70. The number of fused-ring (bicyclic) bond motifs is 1. The Labute approximate surface area is 118 Å². The van der Waals surface area contributed by atoms with Gasteiger partial charge in [0.15, 0.2) is 0 Å². The minimum Gasteiger partial charge on any atom is -0.359 e. The Kier molecular flexibility index (Phi) is 5.08. The molecule has 110 valence electrons. The van der Waals surface area contributed by atoms with Gasteiger partial charge in [-0.2, -0.15) is 0 Å². The van der Waals surface area contributed by atoms with Gasteiger partial charge in [0.05, 0.1) is 6.10 Å². The van der Waals surface area contributed by atoms with Crippen molar-refractivity contribution in [3.8, 4) is 0 Å². The fraction of sp³-hybridized carbons (Fsp3) is 0.882. The quantitative estimate of drug-likeness (QED) is 0.559. The molecule has 0 N–H and O–H groups in total. The molecule has 1 saturated carbocycles. The second-order valence-corrected chi connectivity index (χ2v) is 6.70. The third kappa shape index (κ3) is 3.05. The molecule has 0 heterocycles. The molecule has 0 bridgehead atoms. The Morgan fingerprint density at radius 2 is 1.95 bits per heavy atom. The number of hydrogen-bond donors (Lipinski definition) is 0. The van der Waals surface area contributed by atoms with E-state index in [9.17, 15) is 0 Å². The van der Waals surface area contributed by atoms with Crippen LogP contribution in [0.4, 0.5) is 0 Å². The van der Waals surface area contributed by atoms with Crippen LogP contribution in [0, 0.1) is 29.6 Å². The van der Waals surface area contributed by atoms with Crippen molar-refractivity contribution in [2.75, 3.05) is 13.9 Å². The van der Waals surface area contributed by atoms with Crippen molar-refractivity contribution in [3.63, 3.8) is 0 Å². The van der Waals surface area contributed by atoms with Crippen molar-refractivity contribution in [2.45, 2.75) is 53.1 Å². The van der Waals surface area contributed by atoms with Gasteiger partial charge in [0.1, 0.15) is 6.79 Å². The molecule has 0 amide bonds. The van der Waals surface area contributed by atoms with E-state index in [4.69, 9.17) is 9.47 Å². The van der Waals surface area contributed by atoms with E-state index in [1.165, 1.54) is 12.8 Å². The van der Waals surface area contributed by atoms with E-state index in [1.54, 1.807) is 12.7 Å². The van der Waals surface area contributed by atoms with Crippen LogP contribution in [0.3, 0.4) is 0 Å². The van der Waals surface area contributed by atoms with Crippen LogP contribution in [0.5, 0.6) is 0 Å². The van der Waals surface area contributed by atoms with Gasteiger partial charge in [-0.05, 0) is 36.5 Å². The molecule has 2 aliphatic rings. The fourth-order valence-corrected chi connectivity index (χ4v) is 4.46. The van der Waals surface area contributed by atoms with E-state index in [0.29, 0.717) is 24.7 Å². The summed E-state index contributed by atoms with van der Waals surface area (Å²) in [7, 11) is 1.71. The van der Waals surface area contributed by atoms with Gasteiger partial charge in [-0.25, -0.2) is 0 Å². The largest absolute Gasteiger partial charge is 0.359 e. The molecule has 2 heteroatoms. The van der Waals surface area contributed by atoms with Crippen molar-refractivity contribution < 1.29 is 9.47 Å². The van der Waals surface area contributed by atoms with Gasteiger partial charge >= 0.3 is 0 Å². The molecule has 2 nitrogen and oxygen atoms in total. The van der Waals surface area contributed by atoms with Gasteiger partial charge in [0.2, 0.25) is 0 Å². The Hall–Kier alpha value is -0.340. The number of ether oxygens (including phenoxy) is 2. The summed E-state index contributed by atoms with van der Waals surface area (Å²) in [6.07, 6.45) is 6.64. The van der Waals surface area contributed by atoms with Crippen molar-refractivity contribution >= 4 is 0 Å². The highest BCUT2D eigenvalue weighted by Gasteiger charge is 2.43. The maximum atomic E-state index is 6.04. The monoisotopic (exact) mass is 266 g/mol. The Bertz CT molecular complexity index is 323. The fourth-order valence-electron chi connectivity index (χ4n) is 4.46. The zero-order valence-corrected chi connectivity index (χ0v) is 13.2. The van der Waals surface area contributed by atoms with E-state index >= 15 is 0 Å². The number of rotatable bonds is 4. The molecule has 0 saturated heterocycles. The van der Waals surface area contributed by atoms with Gasteiger partial charge < -0.3 is 9.47 Å². The normalized spacial score (nSPS) is 42.7. The van der Waals surface area contributed by atoms with Gasteiger partial charge in [0.25, 0.3) is 0 Å². The first-order valence-corrected chi connectivity index (χ1v) is 7.90. The molecule has 0 aromatic rings. The number of hydrogen-bond acceptors (Lipinski definition) is 2. The van der Waals surface area contributed by atoms with Crippen LogP contribution >= 0.6 is 0 Å². The lowest BCUT2D eigenvalue weighted by Gasteiger charge is -2.48. The lowest BCUT2D eigenvalue weighted by Crippen LogP contribution is -2.43. The first-order chi connectivity index (χ1) is 9.08. The lowest BCUT2D eigenvalue weighted by atomic mass is 9.60. The van der Waals surface area contributed by atoms with E-state index < -0.39 is 0 Å². The molecule has 0 spiro atoms. The SMILES string of the molecule is CC[C@@H]1C2C(=C[C@H](C)C[C@@H]2OCOC)C(C)C[C@@H]1C. The Morgan fingerprint density at radius 3 is 2.58 bits per heavy atom. The maximum Gasteiger partial charge on any atom is 0.146 e.